The third-order valence-corrected chi connectivity index (χ3v) is 7.40. The highest BCUT2D eigenvalue weighted by Gasteiger charge is 2.44. The van der Waals surface area contributed by atoms with Gasteiger partial charge >= 0.3 is 12.1 Å². The first kappa shape index (κ1) is 29.3. The van der Waals surface area contributed by atoms with Crippen molar-refractivity contribution in [3.63, 3.8) is 0 Å². The highest BCUT2D eigenvalue weighted by atomic mass is 79.9. The van der Waals surface area contributed by atoms with E-state index in [0.717, 1.165) is 31.0 Å². The number of benzene rings is 2. The number of carbonyl (C=O) groups is 3. The van der Waals surface area contributed by atoms with Crippen LogP contribution in [0.15, 0.2) is 51.5 Å². The van der Waals surface area contributed by atoms with Gasteiger partial charge in [0.15, 0.2) is 0 Å². The molecule has 0 saturated carbocycles. The standard InChI is InChI=1S/C24H18BrClF3N3O5S/c1-36-17-6-3-11(7-14(17)25)19-13(9-30)22(32-21(34)20(19)23(35)37-2)38-10-18(33)31-16-8-12(24(27,28)29)4-5-15(16)26/h3-8,19-20H,10H2,1-2H3,(H,31,33)(H,32,34)/t19-,20-/m0/s1. The molecular weight excluding hydrogens is 615 g/mol. The maximum Gasteiger partial charge on any atom is 0.416 e. The summed E-state index contributed by atoms with van der Waals surface area (Å²) in [5.74, 6) is -4.72. The smallest absolute Gasteiger partial charge is 0.416 e. The van der Waals surface area contributed by atoms with Crippen LogP contribution in [0.3, 0.4) is 0 Å². The number of carbonyl (C=O) groups excluding carboxylic acids is 3. The number of rotatable bonds is 7. The van der Waals surface area contributed by atoms with Crippen LogP contribution in [0.5, 0.6) is 5.75 Å². The Hall–Kier alpha value is -3.21. The van der Waals surface area contributed by atoms with Gasteiger partial charge in [-0.3, -0.25) is 14.4 Å². The number of hydrogen-bond acceptors (Lipinski definition) is 7. The van der Waals surface area contributed by atoms with E-state index in [-0.39, 0.29) is 21.3 Å². The van der Waals surface area contributed by atoms with Crippen LogP contribution in [-0.4, -0.2) is 37.8 Å². The van der Waals surface area contributed by atoms with Crippen LogP contribution in [0.1, 0.15) is 17.0 Å². The molecule has 0 bridgehead atoms. The number of hydrogen-bond donors (Lipinski definition) is 2. The molecule has 1 aliphatic rings. The van der Waals surface area contributed by atoms with Gasteiger partial charge in [-0.05, 0) is 51.8 Å². The molecule has 2 aromatic carbocycles. The minimum Gasteiger partial charge on any atom is -0.496 e. The molecule has 0 spiro atoms. The minimum absolute atomic E-state index is 0.00744. The molecule has 8 nitrogen and oxygen atoms in total. The summed E-state index contributed by atoms with van der Waals surface area (Å²) in [6, 6.07) is 9.27. The summed E-state index contributed by atoms with van der Waals surface area (Å²) in [7, 11) is 2.57. The number of amides is 2. The first-order valence-electron chi connectivity index (χ1n) is 10.6. The summed E-state index contributed by atoms with van der Waals surface area (Å²) in [6.07, 6.45) is -4.64. The first-order chi connectivity index (χ1) is 17.9. The quantitative estimate of drug-likeness (QED) is 0.317. The van der Waals surface area contributed by atoms with Crippen molar-refractivity contribution in [1.29, 1.82) is 5.26 Å². The third kappa shape index (κ3) is 6.43. The number of nitrogens with zero attached hydrogens (tertiary/aromatic N) is 1. The van der Waals surface area contributed by atoms with E-state index in [9.17, 15) is 32.8 Å². The van der Waals surface area contributed by atoms with Crippen LogP contribution in [0.4, 0.5) is 18.9 Å². The van der Waals surface area contributed by atoms with Crippen molar-refractivity contribution in [2.45, 2.75) is 12.1 Å². The zero-order valence-electron chi connectivity index (χ0n) is 19.6. The molecule has 2 aromatic rings. The molecule has 1 aliphatic heterocycles. The Morgan fingerprint density at radius 1 is 1.24 bits per heavy atom. The second-order valence-corrected chi connectivity index (χ2v) is 9.99. The molecule has 38 heavy (non-hydrogen) atoms. The Morgan fingerprint density at radius 3 is 2.53 bits per heavy atom. The van der Waals surface area contributed by atoms with E-state index in [1.807, 2.05) is 6.07 Å². The monoisotopic (exact) mass is 631 g/mol. The molecule has 0 unspecified atom stereocenters. The molecule has 14 heteroatoms. The number of nitriles is 1. The highest BCUT2D eigenvalue weighted by molar-refractivity contribution is 9.10. The molecule has 2 amide bonds. The molecule has 3 rings (SSSR count). The number of ether oxygens (including phenoxy) is 2. The molecule has 2 N–H and O–H groups in total. The Bertz CT molecular complexity index is 1360. The topological polar surface area (TPSA) is 118 Å². The molecule has 0 radical (unpaired) electrons. The van der Waals surface area contributed by atoms with E-state index in [1.54, 1.807) is 18.2 Å². The van der Waals surface area contributed by atoms with Crippen molar-refractivity contribution in [2.75, 3.05) is 25.3 Å². The number of alkyl halides is 3. The van der Waals surface area contributed by atoms with E-state index in [0.29, 0.717) is 21.9 Å². The minimum atomic E-state index is -4.64. The van der Waals surface area contributed by atoms with Gasteiger partial charge in [0.2, 0.25) is 11.8 Å². The molecule has 1 heterocycles. The predicted octanol–water partition coefficient (Wildman–Crippen LogP) is 5.24. The lowest BCUT2D eigenvalue weighted by Crippen LogP contribution is -2.44. The fourth-order valence-corrected chi connectivity index (χ4v) is 5.25. The van der Waals surface area contributed by atoms with Crippen LogP contribution < -0.4 is 15.4 Å². The van der Waals surface area contributed by atoms with E-state index < -0.39 is 47.1 Å². The molecule has 200 valence electrons. The molecule has 2 atom stereocenters. The fourth-order valence-electron chi connectivity index (χ4n) is 3.68. The van der Waals surface area contributed by atoms with Crippen LogP contribution in [0.2, 0.25) is 5.02 Å². The summed E-state index contributed by atoms with van der Waals surface area (Å²) >= 11 is 10.0. The second-order valence-electron chi connectivity index (χ2n) is 7.75. The van der Waals surface area contributed by atoms with E-state index >= 15 is 0 Å². The first-order valence-corrected chi connectivity index (χ1v) is 12.7. The largest absolute Gasteiger partial charge is 0.496 e. The summed E-state index contributed by atoms with van der Waals surface area (Å²) in [5.41, 5.74) is -0.827. The predicted molar refractivity (Wildman–Crippen MR) is 137 cm³/mol. The van der Waals surface area contributed by atoms with Gasteiger partial charge in [-0.1, -0.05) is 29.4 Å². The van der Waals surface area contributed by atoms with Gasteiger partial charge in [-0.25, -0.2) is 0 Å². The maximum atomic E-state index is 13.0. The zero-order chi connectivity index (χ0) is 28.2. The molecule has 0 aromatic heterocycles. The SMILES string of the molecule is COC(=O)[C@@H]1C(=O)NC(SCC(=O)Nc2cc(C(F)(F)F)ccc2Cl)=C(C#N)[C@@H]1c1ccc(OC)c(Br)c1. The van der Waals surface area contributed by atoms with Gasteiger partial charge in [0.05, 0.1) is 57.4 Å². The lowest BCUT2D eigenvalue weighted by atomic mass is 9.78. The molecule has 0 fully saturated rings. The third-order valence-electron chi connectivity index (χ3n) is 5.43. The summed E-state index contributed by atoms with van der Waals surface area (Å²) < 4.78 is 49.6. The van der Waals surface area contributed by atoms with Gasteiger partial charge in [0.1, 0.15) is 11.7 Å². The Balaban J connectivity index is 1.91. The van der Waals surface area contributed by atoms with Crippen LogP contribution in [0.25, 0.3) is 0 Å². The maximum absolute atomic E-state index is 13.0. The van der Waals surface area contributed by atoms with Gasteiger partial charge in [0.25, 0.3) is 0 Å². The number of esters is 1. The van der Waals surface area contributed by atoms with Crippen LogP contribution in [-0.2, 0) is 25.3 Å². The van der Waals surface area contributed by atoms with Crippen molar-refractivity contribution in [3.8, 4) is 11.8 Å². The van der Waals surface area contributed by atoms with Crippen LogP contribution in [0, 0.1) is 17.2 Å². The summed E-state index contributed by atoms with van der Waals surface area (Å²) in [4.78, 5) is 38.0. The fraction of sp³-hybridized carbons (Fsp3) is 0.250. The van der Waals surface area contributed by atoms with Gasteiger partial charge in [-0.2, -0.15) is 18.4 Å². The Labute approximate surface area is 232 Å². The molecular formula is C24H18BrClF3N3O5S. The Morgan fingerprint density at radius 2 is 1.95 bits per heavy atom. The van der Waals surface area contributed by atoms with Crippen molar-refractivity contribution in [3.05, 3.63) is 67.6 Å². The van der Waals surface area contributed by atoms with Crippen LogP contribution >= 0.6 is 39.3 Å². The van der Waals surface area contributed by atoms with Crippen molar-refractivity contribution >= 4 is 62.8 Å². The van der Waals surface area contributed by atoms with E-state index in [2.05, 4.69) is 26.6 Å². The van der Waals surface area contributed by atoms with E-state index in [1.165, 1.54) is 7.11 Å². The zero-order valence-corrected chi connectivity index (χ0v) is 22.8. The van der Waals surface area contributed by atoms with Crippen molar-refractivity contribution < 1.29 is 37.0 Å². The number of anilines is 1. The molecule has 0 aliphatic carbocycles. The number of halogens is 5. The summed E-state index contributed by atoms with van der Waals surface area (Å²) in [6.45, 7) is 0. The summed E-state index contributed by atoms with van der Waals surface area (Å²) in [5, 5.41) is 14.7. The number of nitrogens with one attached hydrogen (secondary N) is 2. The number of allylic oxidation sites excluding steroid dienone is 1. The number of methoxy groups -OCH3 is 2. The lowest BCUT2D eigenvalue weighted by Gasteiger charge is -2.31. The average molecular weight is 633 g/mol. The van der Waals surface area contributed by atoms with Crippen molar-refractivity contribution in [2.24, 2.45) is 5.92 Å². The van der Waals surface area contributed by atoms with Gasteiger partial charge in [-0.15, -0.1) is 0 Å². The van der Waals surface area contributed by atoms with Gasteiger partial charge < -0.3 is 20.1 Å². The average Bonchev–Trinajstić information content (AvgIpc) is 2.87. The molecule has 0 saturated heterocycles. The lowest BCUT2D eigenvalue weighted by molar-refractivity contribution is -0.150. The van der Waals surface area contributed by atoms with Crippen molar-refractivity contribution in [1.82, 2.24) is 5.32 Å². The highest BCUT2D eigenvalue weighted by Crippen LogP contribution is 2.42. The normalized spacial score (nSPS) is 17.4. The van der Waals surface area contributed by atoms with Gasteiger partial charge in [0, 0.05) is 5.92 Å². The Kier molecular flexibility index (Phi) is 9.35. The second kappa shape index (κ2) is 12.1. The number of thioether (sulfide) groups is 1. The van der Waals surface area contributed by atoms with E-state index in [4.69, 9.17) is 21.1 Å².